The maximum Gasteiger partial charge on any atom is 0.315 e. The number of urea groups is 1. The van der Waals surface area contributed by atoms with Gasteiger partial charge in [-0.2, -0.15) is 5.10 Å². The van der Waals surface area contributed by atoms with Gasteiger partial charge in [0.1, 0.15) is 0 Å². The molecule has 0 saturated heterocycles. The van der Waals surface area contributed by atoms with E-state index in [4.69, 9.17) is 0 Å². The van der Waals surface area contributed by atoms with Crippen molar-refractivity contribution in [2.75, 3.05) is 11.6 Å². The summed E-state index contributed by atoms with van der Waals surface area (Å²) in [6.07, 6.45) is 13.5. The van der Waals surface area contributed by atoms with Gasteiger partial charge in [-0.25, -0.2) is 14.8 Å². The second-order valence-electron chi connectivity index (χ2n) is 5.96. The third kappa shape index (κ3) is 6.41. The SMILES string of the molecule is C=NN(/C=C\C)c1cc(CNC(=O)NCCC2=CCCCC2)ccn1. The summed E-state index contributed by atoms with van der Waals surface area (Å²) in [6.45, 7) is 6.54. The quantitative estimate of drug-likeness (QED) is 0.430. The fourth-order valence-corrected chi connectivity index (χ4v) is 2.75. The fraction of sp³-hybridized carbons (Fsp3) is 0.421. The molecule has 134 valence electrons. The number of amides is 2. The highest BCUT2D eigenvalue weighted by Crippen LogP contribution is 2.19. The number of hydrogen-bond donors (Lipinski definition) is 2. The van der Waals surface area contributed by atoms with Crippen molar-refractivity contribution in [2.24, 2.45) is 5.10 Å². The Bertz CT molecular complexity index is 638. The predicted octanol–water partition coefficient (Wildman–Crippen LogP) is 3.73. The molecule has 0 fully saturated rings. The summed E-state index contributed by atoms with van der Waals surface area (Å²) in [5.74, 6) is 0.664. The van der Waals surface area contributed by atoms with Gasteiger partial charge >= 0.3 is 6.03 Å². The average Bonchev–Trinajstić information content (AvgIpc) is 2.65. The van der Waals surface area contributed by atoms with Crippen LogP contribution in [0.15, 0.2) is 47.4 Å². The number of allylic oxidation sites excluding steroid dienone is 2. The lowest BCUT2D eigenvalue weighted by Gasteiger charge is -2.14. The lowest BCUT2D eigenvalue weighted by Crippen LogP contribution is -2.35. The smallest absolute Gasteiger partial charge is 0.315 e. The van der Waals surface area contributed by atoms with Gasteiger partial charge in [0.25, 0.3) is 0 Å². The predicted molar refractivity (Wildman–Crippen MR) is 102 cm³/mol. The molecule has 0 unspecified atom stereocenters. The molecule has 1 aromatic heterocycles. The first-order valence-corrected chi connectivity index (χ1v) is 8.76. The number of nitrogens with zero attached hydrogens (tertiary/aromatic N) is 3. The molecule has 2 rings (SSSR count). The second-order valence-corrected chi connectivity index (χ2v) is 5.96. The van der Waals surface area contributed by atoms with E-state index in [1.54, 1.807) is 17.4 Å². The van der Waals surface area contributed by atoms with Crippen LogP contribution in [0.1, 0.15) is 44.6 Å². The Kier molecular flexibility index (Phi) is 7.69. The van der Waals surface area contributed by atoms with Crippen LogP contribution in [0, 0.1) is 0 Å². The van der Waals surface area contributed by atoms with Crippen LogP contribution in [0.3, 0.4) is 0 Å². The second kappa shape index (κ2) is 10.3. The minimum atomic E-state index is -0.151. The first kappa shape index (κ1) is 18.7. The lowest BCUT2D eigenvalue weighted by molar-refractivity contribution is 0.240. The van der Waals surface area contributed by atoms with Crippen molar-refractivity contribution in [1.29, 1.82) is 0 Å². The maximum atomic E-state index is 11.9. The Morgan fingerprint density at radius 3 is 3.04 bits per heavy atom. The van der Waals surface area contributed by atoms with E-state index in [1.807, 2.05) is 25.1 Å². The van der Waals surface area contributed by atoms with Gasteiger partial charge in [0, 0.05) is 32.2 Å². The molecule has 1 aliphatic rings. The molecule has 0 atom stereocenters. The van der Waals surface area contributed by atoms with Crippen LogP contribution in [-0.4, -0.2) is 24.3 Å². The molecule has 0 radical (unpaired) electrons. The Morgan fingerprint density at radius 2 is 2.32 bits per heavy atom. The summed E-state index contributed by atoms with van der Waals surface area (Å²) in [5.41, 5.74) is 2.42. The molecule has 6 nitrogen and oxygen atoms in total. The number of anilines is 1. The maximum absolute atomic E-state index is 11.9. The van der Waals surface area contributed by atoms with Crippen molar-refractivity contribution >= 4 is 18.6 Å². The summed E-state index contributed by atoms with van der Waals surface area (Å²) in [7, 11) is 0. The van der Waals surface area contributed by atoms with Gasteiger partial charge < -0.3 is 10.6 Å². The molecular weight excluding hydrogens is 314 g/mol. The number of hydrazone groups is 1. The summed E-state index contributed by atoms with van der Waals surface area (Å²) in [4.78, 5) is 16.2. The van der Waals surface area contributed by atoms with Gasteiger partial charge in [0.2, 0.25) is 0 Å². The number of pyridine rings is 1. The monoisotopic (exact) mass is 341 g/mol. The molecule has 0 aromatic carbocycles. The van der Waals surface area contributed by atoms with E-state index in [-0.39, 0.29) is 6.03 Å². The van der Waals surface area contributed by atoms with Gasteiger partial charge in [-0.15, -0.1) is 0 Å². The Labute approximate surface area is 149 Å². The Hall–Kier alpha value is -2.63. The molecule has 1 aliphatic carbocycles. The standard InChI is InChI=1S/C19H27N5O/c1-3-13-24(20-2)18-14-17(10-11-21-18)15-23-19(25)22-12-9-16-7-5-4-6-8-16/h3,7,10-11,13-14H,2,4-6,8-9,12,15H2,1H3,(H2,22,23,25)/b13-3-. The van der Waals surface area contributed by atoms with Crippen LogP contribution in [0.2, 0.25) is 0 Å². The Balaban J connectivity index is 1.77. The van der Waals surface area contributed by atoms with Crippen LogP contribution >= 0.6 is 0 Å². The zero-order valence-corrected chi connectivity index (χ0v) is 14.9. The minimum absolute atomic E-state index is 0.151. The van der Waals surface area contributed by atoms with E-state index in [9.17, 15) is 4.79 Å². The molecule has 1 heterocycles. The number of hydrogen-bond acceptors (Lipinski definition) is 4. The summed E-state index contributed by atoms with van der Waals surface area (Å²) >= 11 is 0. The number of carbonyl (C=O) groups excluding carboxylic acids is 1. The topological polar surface area (TPSA) is 69.6 Å². The number of nitrogens with one attached hydrogen (secondary N) is 2. The summed E-state index contributed by atoms with van der Waals surface area (Å²) in [6, 6.07) is 3.59. The summed E-state index contributed by atoms with van der Waals surface area (Å²) < 4.78 is 0. The van der Waals surface area contributed by atoms with E-state index >= 15 is 0 Å². The van der Waals surface area contributed by atoms with Gasteiger partial charge in [-0.05, 0) is 56.7 Å². The normalized spacial score (nSPS) is 14.0. The molecule has 0 spiro atoms. The molecular formula is C19H27N5O. The molecule has 6 heteroatoms. The van der Waals surface area contributed by atoms with Gasteiger partial charge in [0.15, 0.2) is 5.82 Å². The van der Waals surface area contributed by atoms with Gasteiger partial charge in [-0.1, -0.05) is 17.7 Å². The van der Waals surface area contributed by atoms with E-state index in [1.165, 1.54) is 31.3 Å². The first-order chi connectivity index (χ1) is 12.2. The van der Waals surface area contributed by atoms with E-state index in [0.29, 0.717) is 18.9 Å². The van der Waals surface area contributed by atoms with Crippen molar-refractivity contribution in [3.8, 4) is 0 Å². The summed E-state index contributed by atoms with van der Waals surface area (Å²) in [5, 5.41) is 11.3. The van der Waals surface area contributed by atoms with Gasteiger partial charge in [0.05, 0.1) is 0 Å². The van der Waals surface area contributed by atoms with Crippen LogP contribution in [0.4, 0.5) is 10.6 Å². The lowest BCUT2D eigenvalue weighted by atomic mass is 9.97. The highest BCUT2D eigenvalue weighted by atomic mass is 16.2. The van der Waals surface area contributed by atoms with Crippen molar-refractivity contribution in [3.05, 3.63) is 47.8 Å². The molecule has 0 bridgehead atoms. The van der Waals surface area contributed by atoms with Crippen LogP contribution in [-0.2, 0) is 6.54 Å². The van der Waals surface area contributed by atoms with E-state index in [2.05, 4.69) is 33.5 Å². The van der Waals surface area contributed by atoms with Crippen molar-refractivity contribution < 1.29 is 4.79 Å². The molecule has 2 N–H and O–H groups in total. The molecule has 0 saturated carbocycles. The molecule has 1 aromatic rings. The van der Waals surface area contributed by atoms with Crippen molar-refractivity contribution in [2.45, 2.75) is 45.6 Å². The van der Waals surface area contributed by atoms with Crippen LogP contribution < -0.4 is 15.6 Å². The Morgan fingerprint density at radius 1 is 1.44 bits per heavy atom. The highest BCUT2D eigenvalue weighted by Gasteiger charge is 2.06. The van der Waals surface area contributed by atoms with E-state index < -0.39 is 0 Å². The third-order valence-corrected chi connectivity index (χ3v) is 4.06. The largest absolute Gasteiger partial charge is 0.338 e. The van der Waals surface area contributed by atoms with Crippen LogP contribution in [0.25, 0.3) is 0 Å². The van der Waals surface area contributed by atoms with Crippen molar-refractivity contribution in [3.63, 3.8) is 0 Å². The molecule has 25 heavy (non-hydrogen) atoms. The zero-order chi connectivity index (χ0) is 17.9. The fourth-order valence-electron chi connectivity index (χ4n) is 2.75. The van der Waals surface area contributed by atoms with Crippen molar-refractivity contribution in [1.82, 2.24) is 15.6 Å². The number of carbonyl (C=O) groups is 1. The zero-order valence-electron chi connectivity index (χ0n) is 14.9. The van der Waals surface area contributed by atoms with Crippen LogP contribution in [0.5, 0.6) is 0 Å². The van der Waals surface area contributed by atoms with E-state index in [0.717, 1.165) is 12.0 Å². The van der Waals surface area contributed by atoms with Gasteiger partial charge in [-0.3, -0.25) is 0 Å². The first-order valence-electron chi connectivity index (χ1n) is 8.76. The number of rotatable bonds is 8. The minimum Gasteiger partial charge on any atom is -0.338 e. The molecule has 2 amide bonds. The number of aromatic nitrogens is 1. The highest BCUT2D eigenvalue weighted by molar-refractivity contribution is 5.73. The third-order valence-electron chi connectivity index (χ3n) is 4.06. The molecule has 0 aliphatic heterocycles. The average molecular weight is 341 g/mol.